The molecule has 2 rings (SSSR count). The maximum absolute atomic E-state index is 12.0. The van der Waals surface area contributed by atoms with Crippen molar-refractivity contribution in [2.24, 2.45) is 5.41 Å². The number of ether oxygens (including phenoxy) is 1. The molecular formula is C13H19BrN2O2. The maximum Gasteiger partial charge on any atom is 0.347 e. The first-order valence-corrected chi connectivity index (χ1v) is 7.37. The Morgan fingerprint density at radius 3 is 2.67 bits per heavy atom. The largest absolute Gasteiger partial charge is 0.381 e. The van der Waals surface area contributed by atoms with Gasteiger partial charge in [-0.15, -0.1) is 0 Å². The van der Waals surface area contributed by atoms with Gasteiger partial charge in [0.25, 0.3) is 0 Å². The van der Waals surface area contributed by atoms with E-state index >= 15 is 0 Å². The van der Waals surface area contributed by atoms with E-state index < -0.39 is 0 Å². The average molecular weight is 315 g/mol. The highest BCUT2D eigenvalue weighted by Crippen LogP contribution is 2.34. The van der Waals surface area contributed by atoms with Crippen LogP contribution in [0, 0.1) is 19.3 Å². The molecule has 0 aromatic carbocycles. The minimum Gasteiger partial charge on any atom is -0.381 e. The summed E-state index contributed by atoms with van der Waals surface area (Å²) in [4.78, 5) is 16.0. The molecule has 1 aliphatic heterocycles. The molecule has 1 saturated heterocycles. The number of aromatic nitrogens is 2. The molecule has 0 radical (unpaired) electrons. The Morgan fingerprint density at radius 1 is 1.44 bits per heavy atom. The van der Waals surface area contributed by atoms with Crippen LogP contribution in [0.5, 0.6) is 0 Å². The number of aryl methyl sites for hydroxylation is 2. The second kappa shape index (κ2) is 5.53. The predicted molar refractivity (Wildman–Crippen MR) is 74.3 cm³/mol. The van der Waals surface area contributed by atoms with E-state index in [1.807, 2.05) is 19.9 Å². The summed E-state index contributed by atoms with van der Waals surface area (Å²) in [6, 6.07) is 1.96. The van der Waals surface area contributed by atoms with Crippen LogP contribution in [0.15, 0.2) is 10.9 Å². The van der Waals surface area contributed by atoms with E-state index in [9.17, 15) is 4.79 Å². The SMILES string of the molecule is Cc1cc(C)n(CC2(CBr)CCOCC2)c(=O)n1. The van der Waals surface area contributed by atoms with Crippen molar-refractivity contribution < 1.29 is 4.74 Å². The van der Waals surface area contributed by atoms with Gasteiger partial charge in [-0.1, -0.05) is 15.9 Å². The lowest BCUT2D eigenvalue weighted by Gasteiger charge is -2.36. The van der Waals surface area contributed by atoms with Crippen LogP contribution in [0.25, 0.3) is 0 Å². The molecule has 1 aliphatic rings. The first-order chi connectivity index (χ1) is 8.56. The van der Waals surface area contributed by atoms with Crippen LogP contribution in [0.2, 0.25) is 0 Å². The second-order valence-corrected chi connectivity index (χ2v) is 5.71. The summed E-state index contributed by atoms with van der Waals surface area (Å²) in [5.74, 6) is 0. The number of halogens is 1. The molecule has 0 bridgehead atoms. The van der Waals surface area contributed by atoms with Crippen molar-refractivity contribution in [2.75, 3.05) is 18.5 Å². The summed E-state index contributed by atoms with van der Waals surface area (Å²) in [5.41, 5.74) is 1.75. The molecule has 0 N–H and O–H groups in total. The van der Waals surface area contributed by atoms with Crippen LogP contribution in [0.4, 0.5) is 0 Å². The topological polar surface area (TPSA) is 44.1 Å². The smallest absolute Gasteiger partial charge is 0.347 e. The van der Waals surface area contributed by atoms with E-state index in [1.54, 1.807) is 4.57 Å². The zero-order valence-corrected chi connectivity index (χ0v) is 12.5. The predicted octanol–water partition coefficient (Wildman–Crippen LogP) is 2.05. The zero-order valence-electron chi connectivity index (χ0n) is 10.9. The minimum atomic E-state index is -0.140. The Labute approximate surface area is 116 Å². The van der Waals surface area contributed by atoms with Crippen LogP contribution in [0.3, 0.4) is 0 Å². The third-order valence-corrected chi connectivity index (χ3v) is 4.87. The average Bonchev–Trinajstić information content (AvgIpc) is 2.35. The van der Waals surface area contributed by atoms with Crippen LogP contribution < -0.4 is 5.69 Å². The fourth-order valence-corrected chi connectivity index (χ4v) is 3.18. The number of nitrogens with zero attached hydrogens (tertiary/aromatic N) is 2. The standard InChI is InChI=1S/C13H19BrN2O2/c1-10-7-11(2)16(12(17)15-10)9-13(8-14)3-5-18-6-4-13/h7H,3-6,8-9H2,1-2H3. The van der Waals surface area contributed by atoms with Crippen molar-refractivity contribution in [2.45, 2.75) is 33.2 Å². The van der Waals surface area contributed by atoms with Crippen LogP contribution in [0.1, 0.15) is 24.2 Å². The van der Waals surface area contributed by atoms with Gasteiger partial charge in [0.2, 0.25) is 0 Å². The molecule has 0 unspecified atom stereocenters. The molecule has 0 aliphatic carbocycles. The van der Waals surface area contributed by atoms with Gasteiger partial charge in [0.1, 0.15) is 0 Å². The van der Waals surface area contributed by atoms with Gasteiger partial charge >= 0.3 is 5.69 Å². The molecule has 0 saturated carbocycles. The monoisotopic (exact) mass is 314 g/mol. The van der Waals surface area contributed by atoms with Crippen LogP contribution in [-0.4, -0.2) is 28.1 Å². The molecule has 1 fully saturated rings. The van der Waals surface area contributed by atoms with Gasteiger partial charge in [-0.25, -0.2) is 4.79 Å². The molecule has 1 aromatic rings. The lowest BCUT2D eigenvalue weighted by molar-refractivity contribution is 0.0177. The quantitative estimate of drug-likeness (QED) is 0.802. The number of rotatable bonds is 3. The zero-order chi connectivity index (χ0) is 13.2. The van der Waals surface area contributed by atoms with Crippen LogP contribution >= 0.6 is 15.9 Å². The highest BCUT2D eigenvalue weighted by atomic mass is 79.9. The fraction of sp³-hybridized carbons (Fsp3) is 0.692. The molecule has 2 heterocycles. The van der Waals surface area contributed by atoms with E-state index in [2.05, 4.69) is 20.9 Å². The van der Waals surface area contributed by atoms with Gasteiger partial charge in [-0.2, -0.15) is 4.98 Å². The fourth-order valence-electron chi connectivity index (χ4n) is 2.44. The first kappa shape index (κ1) is 13.7. The van der Waals surface area contributed by atoms with Crippen molar-refractivity contribution in [1.29, 1.82) is 0 Å². The van der Waals surface area contributed by atoms with E-state index in [1.165, 1.54) is 0 Å². The van der Waals surface area contributed by atoms with Crippen molar-refractivity contribution in [1.82, 2.24) is 9.55 Å². The van der Waals surface area contributed by atoms with Crippen molar-refractivity contribution in [3.63, 3.8) is 0 Å². The van der Waals surface area contributed by atoms with E-state index in [-0.39, 0.29) is 11.1 Å². The summed E-state index contributed by atoms with van der Waals surface area (Å²) in [5, 5.41) is 0.892. The maximum atomic E-state index is 12.0. The normalized spacial score (nSPS) is 18.8. The van der Waals surface area contributed by atoms with Gasteiger partial charge in [0.15, 0.2) is 0 Å². The molecule has 0 atom stereocenters. The summed E-state index contributed by atoms with van der Waals surface area (Å²) in [6.45, 7) is 6.10. The molecule has 1 aromatic heterocycles. The molecule has 0 amide bonds. The Morgan fingerprint density at radius 2 is 2.11 bits per heavy atom. The highest BCUT2D eigenvalue weighted by Gasteiger charge is 2.32. The summed E-state index contributed by atoms with van der Waals surface area (Å²) >= 11 is 3.60. The van der Waals surface area contributed by atoms with E-state index in [0.717, 1.165) is 49.3 Å². The van der Waals surface area contributed by atoms with Crippen molar-refractivity contribution in [3.8, 4) is 0 Å². The van der Waals surface area contributed by atoms with Gasteiger partial charge < -0.3 is 4.74 Å². The minimum absolute atomic E-state index is 0.115. The molecule has 18 heavy (non-hydrogen) atoms. The highest BCUT2D eigenvalue weighted by molar-refractivity contribution is 9.09. The Bertz CT molecular complexity index is 478. The molecule has 5 heteroatoms. The van der Waals surface area contributed by atoms with E-state index in [4.69, 9.17) is 4.74 Å². The number of alkyl halides is 1. The van der Waals surface area contributed by atoms with E-state index in [0.29, 0.717) is 0 Å². The number of hydrogen-bond donors (Lipinski definition) is 0. The Hall–Kier alpha value is -0.680. The number of hydrogen-bond acceptors (Lipinski definition) is 3. The molecule has 0 spiro atoms. The summed E-state index contributed by atoms with van der Waals surface area (Å²) < 4.78 is 7.21. The second-order valence-electron chi connectivity index (χ2n) is 5.15. The first-order valence-electron chi connectivity index (χ1n) is 6.25. The van der Waals surface area contributed by atoms with Crippen molar-refractivity contribution >= 4 is 15.9 Å². The van der Waals surface area contributed by atoms with Gasteiger partial charge in [0, 0.05) is 41.9 Å². The molecule has 100 valence electrons. The third-order valence-electron chi connectivity index (χ3n) is 3.68. The lowest BCUT2D eigenvalue weighted by Crippen LogP contribution is -2.39. The van der Waals surface area contributed by atoms with Gasteiger partial charge in [0.05, 0.1) is 0 Å². The van der Waals surface area contributed by atoms with Gasteiger partial charge in [-0.3, -0.25) is 4.57 Å². The third kappa shape index (κ3) is 2.83. The molecular weight excluding hydrogens is 296 g/mol. The molecule has 4 nitrogen and oxygen atoms in total. The summed E-state index contributed by atoms with van der Waals surface area (Å²) in [7, 11) is 0. The lowest BCUT2D eigenvalue weighted by atomic mass is 9.82. The van der Waals surface area contributed by atoms with Gasteiger partial charge in [-0.05, 0) is 32.8 Å². The Balaban J connectivity index is 2.30. The summed E-state index contributed by atoms with van der Waals surface area (Å²) in [6.07, 6.45) is 1.97. The Kier molecular flexibility index (Phi) is 4.22. The van der Waals surface area contributed by atoms with Crippen molar-refractivity contribution in [3.05, 3.63) is 27.9 Å². The van der Waals surface area contributed by atoms with Crippen LogP contribution in [-0.2, 0) is 11.3 Å².